The number of rotatable bonds is 4. The molecule has 0 radical (unpaired) electrons. The molecule has 112 valence electrons. The summed E-state index contributed by atoms with van der Waals surface area (Å²) in [6, 6.07) is 14.0. The lowest BCUT2D eigenvalue weighted by molar-refractivity contribution is 0.353. The Morgan fingerprint density at radius 3 is 2.36 bits per heavy atom. The van der Waals surface area contributed by atoms with Gasteiger partial charge in [-0.1, -0.05) is 29.8 Å². The average Bonchev–Trinajstić information content (AvgIpc) is 2.53. The summed E-state index contributed by atoms with van der Waals surface area (Å²) in [6.45, 7) is 2.02. The molecule has 0 aliphatic heterocycles. The van der Waals surface area contributed by atoms with Crippen LogP contribution in [0, 0.1) is 21.8 Å². The molecule has 0 saturated heterocycles. The SMILES string of the molecule is COc1cc(/C=C(/C#N)c2ccc(C)cc2)cc(I)c1OC. The summed E-state index contributed by atoms with van der Waals surface area (Å²) in [5.74, 6) is 1.36. The predicted molar refractivity (Wildman–Crippen MR) is 96.9 cm³/mol. The molecule has 0 fully saturated rings. The van der Waals surface area contributed by atoms with E-state index in [0.717, 1.165) is 14.7 Å². The van der Waals surface area contributed by atoms with E-state index in [0.29, 0.717) is 17.1 Å². The van der Waals surface area contributed by atoms with Crippen LogP contribution in [0.25, 0.3) is 11.6 Å². The fraction of sp³-hybridized carbons (Fsp3) is 0.167. The molecule has 0 atom stereocenters. The first kappa shape index (κ1) is 16.4. The van der Waals surface area contributed by atoms with Crippen molar-refractivity contribution in [1.82, 2.24) is 0 Å². The van der Waals surface area contributed by atoms with Crippen molar-refractivity contribution in [3.8, 4) is 17.6 Å². The molecule has 4 heteroatoms. The van der Waals surface area contributed by atoms with Crippen molar-refractivity contribution in [3.05, 3.63) is 56.7 Å². The Morgan fingerprint density at radius 1 is 1.14 bits per heavy atom. The lowest BCUT2D eigenvalue weighted by atomic mass is 10.0. The quantitative estimate of drug-likeness (QED) is 0.422. The molecule has 0 aliphatic carbocycles. The van der Waals surface area contributed by atoms with Gasteiger partial charge in [0.15, 0.2) is 11.5 Å². The Bertz CT molecular complexity index is 743. The van der Waals surface area contributed by atoms with Gasteiger partial charge in [0, 0.05) is 0 Å². The minimum Gasteiger partial charge on any atom is -0.493 e. The van der Waals surface area contributed by atoms with E-state index in [2.05, 4.69) is 28.7 Å². The highest BCUT2D eigenvalue weighted by atomic mass is 127. The van der Waals surface area contributed by atoms with Gasteiger partial charge in [0.05, 0.1) is 29.4 Å². The van der Waals surface area contributed by atoms with Gasteiger partial charge >= 0.3 is 0 Å². The third-order valence-electron chi connectivity index (χ3n) is 3.25. The highest BCUT2D eigenvalue weighted by Gasteiger charge is 2.10. The molecule has 0 saturated carbocycles. The zero-order valence-corrected chi connectivity index (χ0v) is 14.8. The van der Waals surface area contributed by atoms with Crippen molar-refractivity contribution in [3.63, 3.8) is 0 Å². The first-order valence-corrected chi connectivity index (χ1v) is 7.77. The second-order valence-corrected chi connectivity index (χ2v) is 5.94. The van der Waals surface area contributed by atoms with Crippen molar-refractivity contribution in [2.45, 2.75) is 6.92 Å². The second-order valence-electron chi connectivity index (χ2n) is 4.77. The van der Waals surface area contributed by atoms with Crippen LogP contribution in [0.15, 0.2) is 36.4 Å². The monoisotopic (exact) mass is 405 g/mol. The van der Waals surface area contributed by atoms with Gasteiger partial charge in [-0.15, -0.1) is 0 Å². The summed E-state index contributed by atoms with van der Waals surface area (Å²) in [4.78, 5) is 0. The normalized spacial score (nSPS) is 11.0. The minimum atomic E-state index is 0.614. The first-order valence-electron chi connectivity index (χ1n) is 6.69. The second kappa shape index (κ2) is 7.32. The molecule has 2 rings (SSSR count). The molecule has 0 amide bonds. The smallest absolute Gasteiger partial charge is 0.174 e. The summed E-state index contributed by atoms with van der Waals surface area (Å²) in [7, 11) is 3.22. The Labute approximate surface area is 144 Å². The Kier molecular flexibility index (Phi) is 5.45. The van der Waals surface area contributed by atoms with Crippen LogP contribution in [0.1, 0.15) is 16.7 Å². The van der Waals surface area contributed by atoms with Crippen LogP contribution in [0.4, 0.5) is 0 Å². The largest absolute Gasteiger partial charge is 0.493 e. The maximum absolute atomic E-state index is 9.43. The van der Waals surface area contributed by atoms with Gasteiger partial charge < -0.3 is 9.47 Å². The molecule has 22 heavy (non-hydrogen) atoms. The Hall–Kier alpha value is -2.00. The van der Waals surface area contributed by atoms with Crippen LogP contribution in [-0.4, -0.2) is 14.2 Å². The summed E-state index contributed by atoms with van der Waals surface area (Å²) in [6.07, 6.45) is 1.86. The molecule has 0 unspecified atom stereocenters. The number of benzene rings is 2. The lowest BCUT2D eigenvalue weighted by Crippen LogP contribution is -1.94. The molecule has 2 aromatic carbocycles. The zero-order valence-electron chi connectivity index (χ0n) is 12.7. The topological polar surface area (TPSA) is 42.2 Å². The number of aryl methyl sites for hydroxylation is 1. The number of nitriles is 1. The van der Waals surface area contributed by atoms with E-state index < -0.39 is 0 Å². The molecule has 0 bridgehead atoms. The number of ether oxygens (including phenoxy) is 2. The van der Waals surface area contributed by atoms with E-state index in [9.17, 15) is 5.26 Å². The summed E-state index contributed by atoms with van der Waals surface area (Å²) < 4.78 is 11.6. The van der Waals surface area contributed by atoms with Crippen LogP contribution < -0.4 is 9.47 Å². The molecule has 0 heterocycles. The van der Waals surface area contributed by atoms with Crippen molar-refractivity contribution in [1.29, 1.82) is 5.26 Å². The van der Waals surface area contributed by atoms with E-state index in [1.165, 1.54) is 5.56 Å². The number of methoxy groups -OCH3 is 2. The van der Waals surface area contributed by atoms with Gasteiger partial charge in [0.1, 0.15) is 0 Å². The number of nitrogens with zero attached hydrogens (tertiary/aromatic N) is 1. The lowest BCUT2D eigenvalue weighted by Gasteiger charge is -2.11. The Balaban J connectivity index is 2.48. The van der Waals surface area contributed by atoms with E-state index in [1.807, 2.05) is 49.4 Å². The average molecular weight is 405 g/mol. The molecule has 3 nitrogen and oxygen atoms in total. The van der Waals surface area contributed by atoms with Gasteiger partial charge in [0.2, 0.25) is 0 Å². The Morgan fingerprint density at radius 2 is 1.82 bits per heavy atom. The fourth-order valence-corrected chi connectivity index (χ4v) is 2.95. The predicted octanol–water partition coefficient (Wildman–Crippen LogP) is 4.68. The molecular formula is C18H16INO2. The van der Waals surface area contributed by atoms with Crippen LogP contribution in [0.3, 0.4) is 0 Å². The summed E-state index contributed by atoms with van der Waals surface area (Å²) in [5.41, 5.74) is 3.58. The third kappa shape index (κ3) is 3.60. The molecular weight excluding hydrogens is 389 g/mol. The maximum atomic E-state index is 9.43. The van der Waals surface area contributed by atoms with Gasteiger partial charge in [-0.2, -0.15) is 5.26 Å². The van der Waals surface area contributed by atoms with Crippen molar-refractivity contribution in [2.75, 3.05) is 14.2 Å². The first-order chi connectivity index (χ1) is 10.6. The van der Waals surface area contributed by atoms with E-state index in [4.69, 9.17) is 9.47 Å². The molecule has 2 aromatic rings. The van der Waals surface area contributed by atoms with E-state index in [-0.39, 0.29) is 0 Å². The van der Waals surface area contributed by atoms with Crippen molar-refractivity contribution in [2.24, 2.45) is 0 Å². The van der Waals surface area contributed by atoms with Gasteiger partial charge in [-0.3, -0.25) is 0 Å². The van der Waals surface area contributed by atoms with Gasteiger partial charge in [-0.05, 0) is 58.9 Å². The van der Waals surface area contributed by atoms with Crippen LogP contribution >= 0.6 is 22.6 Å². The molecule has 0 spiro atoms. The summed E-state index contributed by atoms with van der Waals surface area (Å²) in [5, 5.41) is 9.43. The van der Waals surface area contributed by atoms with Gasteiger partial charge in [-0.25, -0.2) is 0 Å². The zero-order chi connectivity index (χ0) is 16.1. The maximum Gasteiger partial charge on any atom is 0.174 e. The molecule has 0 aromatic heterocycles. The van der Waals surface area contributed by atoms with E-state index in [1.54, 1.807) is 14.2 Å². The number of allylic oxidation sites excluding steroid dienone is 1. The van der Waals surface area contributed by atoms with Gasteiger partial charge in [0.25, 0.3) is 0 Å². The standard InChI is InChI=1S/C18H16INO2/c1-12-4-6-14(7-5-12)15(11-20)8-13-9-16(19)18(22-3)17(10-13)21-2/h4-10H,1-3H3/b15-8-. The van der Waals surface area contributed by atoms with Crippen LogP contribution in [0.5, 0.6) is 11.5 Å². The number of halogens is 1. The van der Waals surface area contributed by atoms with Crippen LogP contribution in [0.2, 0.25) is 0 Å². The van der Waals surface area contributed by atoms with Crippen LogP contribution in [-0.2, 0) is 0 Å². The highest BCUT2D eigenvalue weighted by Crippen LogP contribution is 2.34. The molecule has 0 N–H and O–H groups in total. The van der Waals surface area contributed by atoms with Crippen molar-refractivity contribution >= 4 is 34.2 Å². The third-order valence-corrected chi connectivity index (χ3v) is 4.05. The number of hydrogen-bond donors (Lipinski definition) is 0. The minimum absolute atomic E-state index is 0.614. The number of hydrogen-bond acceptors (Lipinski definition) is 3. The van der Waals surface area contributed by atoms with E-state index >= 15 is 0 Å². The van der Waals surface area contributed by atoms with Crippen molar-refractivity contribution < 1.29 is 9.47 Å². The molecule has 0 aliphatic rings. The highest BCUT2D eigenvalue weighted by molar-refractivity contribution is 14.1. The fourth-order valence-electron chi connectivity index (χ4n) is 2.10. The summed E-state index contributed by atoms with van der Waals surface area (Å²) >= 11 is 2.20.